The largest absolute Gasteiger partial charge is 0.355 e. The minimum Gasteiger partial charge on any atom is -0.355 e. The Labute approximate surface area is 153 Å². The zero-order chi connectivity index (χ0) is 18.1. The first-order valence-corrected chi connectivity index (χ1v) is 9.14. The summed E-state index contributed by atoms with van der Waals surface area (Å²) in [6.07, 6.45) is 2.37. The third-order valence-electron chi connectivity index (χ3n) is 4.08. The molecule has 0 saturated heterocycles. The summed E-state index contributed by atoms with van der Waals surface area (Å²) in [6.45, 7) is 4.69. The smallest absolute Gasteiger partial charge is 0.263 e. The van der Waals surface area contributed by atoms with Crippen molar-refractivity contribution < 1.29 is 0 Å². The average molecular weight is 366 g/mol. The second-order valence-corrected chi connectivity index (χ2v) is 7.25. The highest BCUT2D eigenvalue weighted by Crippen LogP contribution is 2.18. The fourth-order valence-corrected chi connectivity index (χ4v) is 3.80. The number of aromatic nitrogens is 5. The molecule has 1 aromatic carbocycles. The number of thiazole rings is 1. The van der Waals surface area contributed by atoms with Gasteiger partial charge in [-0.3, -0.25) is 9.78 Å². The lowest BCUT2D eigenvalue weighted by Crippen LogP contribution is -2.15. The third kappa shape index (κ3) is 3.11. The van der Waals surface area contributed by atoms with Gasteiger partial charge in [0.15, 0.2) is 5.65 Å². The van der Waals surface area contributed by atoms with E-state index in [1.807, 2.05) is 44.2 Å². The van der Waals surface area contributed by atoms with E-state index in [1.165, 1.54) is 4.88 Å². The van der Waals surface area contributed by atoms with Gasteiger partial charge in [-0.25, -0.2) is 9.67 Å². The standard InChI is InChI=1S/C18H18N6OS/c1-11-15(26-12(2)21-11)8-9-19-18-22-16-14(17(25)23-18)10-20-24(16)13-6-4-3-5-7-13/h3-7,10H,8-9H2,1-2H3,(H2,19,22,23,25). The van der Waals surface area contributed by atoms with E-state index in [4.69, 9.17) is 0 Å². The lowest BCUT2D eigenvalue weighted by Gasteiger charge is -2.06. The first-order valence-electron chi connectivity index (χ1n) is 8.32. The fraction of sp³-hybridized carbons (Fsp3) is 0.222. The molecule has 4 aromatic rings. The van der Waals surface area contributed by atoms with Gasteiger partial charge >= 0.3 is 0 Å². The van der Waals surface area contributed by atoms with Crippen LogP contribution in [0.2, 0.25) is 0 Å². The maximum Gasteiger partial charge on any atom is 0.263 e. The zero-order valence-electron chi connectivity index (χ0n) is 14.5. The molecule has 132 valence electrons. The van der Waals surface area contributed by atoms with E-state index in [0.717, 1.165) is 22.8 Å². The van der Waals surface area contributed by atoms with Crippen molar-refractivity contribution in [2.45, 2.75) is 20.3 Å². The number of para-hydroxylation sites is 1. The van der Waals surface area contributed by atoms with Crippen LogP contribution in [-0.4, -0.2) is 31.3 Å². The third-order valence-corrected chi connectivity index (χ3v) is 5.22. The predicted molar refractivity (Wildman–Crippen MR) is 103 cm³/mol. The van der Waals surface area contributed by atoms with E-state index in [2.05, 4.69) is 25.4 Å². The minimum atomic E-state index is -0.204. The molecule has 8 heteroatoms. The van der Waals surface area contributed by atoms with Crippen LogP contribution >= 0.6 is 11.3 Å². The Morgan fingerprint density at radius 2 is 2.00 bits per heavy atom. The Morgan fingerprint density at radius 1 is 1.19 bits per heavy atom. The molecule has 0 aliphatic rings. The summed E-state index contributed by atoms with van der Waals surface area (Å²) in [5.41, 5.74) is 2.26. The fourth-order valence-electron chi connectivity index (χ4n) is 2.86. The number of rotatable bonds is 5. The Morgan fingerprint density at radius 3 is 2.73 bits per heavy atom. The average Bonchev–Trinajstić information content (AvgIpc) is 3.19. The van der Waals surface area contributed by atoms with Gasteiger partial charge < -0.3 is 5.32 Å². The van der Waals surface area contributed by atoms with Crippen LogP contribution in [0.15, 0.2) is 41.3 Å². The molecule has 0 radical (unpaired) electrons. The van der Waals surface area contributed by atoms with E-state index >= 15 is 0 Å². The number of fused-ring (bicyclic) bond motifs is 1. The number of aromatic amines is 1. The summed E-state index contributed by atoms with van der Waals surface area (Å²) in [5.74, 6) is 0.444. The van der Waals surface area contributed by atoms with Crippen LogP contribution in [0.25, 0.3) is 16.7 Å². The van der Waals surface area contributed by atoms with E-state index in [9.17, 15) is 4.79 Å². The lowest BCUT2D eigenvalue weighted by atomic mass is 10.3. The number of hydrogen-bond donors (Lipinski definition) is 2. The van der Waals surface area contributed by atoms with Crippen molar-refractivity contribution in [2.24, 2.45) is 0 Å². The van der Waals surface area contributed by atoms with E-state index in [1.54, 1.807) is 22.2 Å². The highest BCUT2D eigenvalue weighted by atomic mass is 32.1. The summed E-state index contributed by atoms with van der Waals surface area (Å²) in [7, 11) is 0. The molecular weight excluding hydrogens is 348 g/mol. The quantitative estimate of drug-likeness (QED) is 0.567. The second-order valence-electron chi connectivity index (χ2n) is 5.96. The molecule has 0 amide bonds. The van der Waals surface area contributed by atoms with Crippen LogP contribution < -0.4 is 10.9 Å². The van der Waals surface area contributed by atoms with Crippen molar-refractivity contribution >= 4 is 28.3 Å². The highest BCUT2D eigenvalue weighted by molar-refractivity contribution is 7.11. The van der Waals surface area contributed by atoms with Crippen molar-refractivity contribution in [3.8, 4) is 5.69 Å². The van der Waals surface area contributed by atoms with Crippen molar-refractivity contribution in [3.63, 3.8) is 0 Å². The molecule has 0 saturated carbocycles. The van der Waals surface area contributed by atoms with E-state index < -0.39 is 0 Å². The number of anilines is 1. The van der Waals surface area contributed by atoms with Crippen molar-refractivity contribution in [3.05, 3.63) is 62.5 Å². The van der Waals surface area contributed by atoms with Gasteiger partial charge in [0.25, 0.3) is 5.56 Å². The van der Waals surface area contributed by atoms with Gasteiger partial charge in [0.05, 0.1) is 22.6 Å². The van der Waals surface area contributed by atoms with Gasteiger partial charge in [0.1, 0.15) is 5.39 Å². The van der Waals surface area contributed by atoms with Crippen molar-refractivity contribution in [1.82, 2.24) is 24.7 Å². The van der Waals surface area contributed by atoms with Crippen LogP contribution in [0.4, 0.5) is 5.95 Å². The zero-order valence-corrected chi connectivity index (χ0v) is 15.3. The number of nitrogens with one attached hydrogen (secondary N) is 2. The maximum absolute atomic E-state index is 12.3. The molecule has 4 rings (SSSR count). The normalized spacial score (nSPS) is 11.2. The van der Waals surface area contributed by atoms with Crippen LogP contribution in [0.5, 0.6) is 0 Å². The van der Waals surface area contributed by atoms with E-state index in [0.29, 0.717) is 23.5 Å². The second kappa shape index (κ2) is 6.72. The first kappa shape index (κ1) is 16.5. The van der Waals surface area contributed by atoms with Gasteiger partial charge in [-0.05, 0) is 26.0 Å². The van der Waals surface area contributed by atoms with Gasteiger partial charge in [0, 0.05) is 17.8 Å². The summed E-state index contributed by atoms with van der Waals surface area (Å²) >= 11 is 1.70. The number of nitrogens with zero attached hydrogens (tertiary/aromatic N) is 4. The molecule has 0 spiro atoms. The first-order chi connectivity index (χ1) is 12.6. The monoisotopic (exact) mass is 366 g/mol. The molecule has 0 unspecified atom stereocenters. The summed E-state index contributed by atoms with van der Waals surface area (Å²) in [5, 5.41) is 9.04. The molecule has 0 aliphatic carbocycles. The SMILES string of the molecule is Cc1nc(C)c(CCNc2nc3c(cnn3-c3ccccc3)c(=O)[nH]2)s1. The maximum atomic E-state index is 12.3. The minimum absolute atomic E-state index is 0.204. The molecule has 3 aromatic heterocycles. The lowest BCUT2D eigenvalue weighted by molar-refractivity contribution is 0.892. The van der Waals surface area contributed by atoms with Gasteiger partial charge in [0.2, 0.25) is 5.95 Å². The Bertz CT molecular complexity index is 1110. The van der Waals surface area contributed by atoms with Crippen LogP contribution in [0.1, 0.15) is 15.6 Å². The molecule has 0 fully saturated rings. The molecule has 0 atom stereocenters. The number of hydrogen-bond acceptors (Lipinski definition) is 6. The topological polar surface area (TPSA) is 88.5 Å². The van der Waals surface area contributed by atoms with Gasteiger partial charge in [-0.15, -0.1) is 11.3 Å². The van der Waals surface area contributed by atoms with Crippen LogP contribution in [-0.2, 0) is 6.42 Å². The Hall–Kier alpha value is -3.00. The molecule has 0 aliphatic heterocycles. The highest BCUT2D eigenvalue weighted by Gasteiger charge is 2.11. The molecule has 26 heavy (non-hydrogen) atoms. The predicted octanol–water partition coefficient (Wildman–Crippen LogP) is 2.84. The van der Waals surface area contributed by atoms with Crippen molar-refractivity contribution in [2.75, 3.05) is 11.9 Å². The van der Waals surface area contributed by atoms with Crippen LogP contribution in [0, 0.1) is 13.8 Å². The van der Waals surface area contributed by atoms with Gasteiger partial charge in [-0.2, -0.15) is 10.1 Å². The molecule has 7 nitrogen and oxygen atoms in total. The van der Waals surface area contributed by atoms with Crippen molar-refractivity contribution in [1.29, 1.82) is 0 Å². The number of aryl methyl sites for hydroxylation is 2. The Balaban J connectivity index is 1.60. The summed E-state index contributed by atoms with van der Waals surface area (Å²) in [6, 6.07) is 9.64. The molecule has 3 heterocycles. The van der Waals surface area contributed by atoms with E-state index in [-0.39, 0.29) is 5.56 Å². The number of benzene rings is 1. The van der Waals surface area contributed by atoms with Gasteiger partial charge in [-0.1, -0.05) is 18.2 Å². The Kier molecular flexibility index (Phi) is 4.26. The van der Waals surface area contributed by atoms with Crippen LogP contribution in [0.3, 0.4) is 0 Å². The summed E-state index contributed by atoms with van der Waals surface area (Å²) in [4.78, 5) is 25.3. The molecule has 0 bridgehead atoms. The molecular formula is C18H18N6OS. The number of H-pyrrole nitrogens is 1. The summed E-state index contributed by atoms with van der Waals surface area (Å²) < 4.78 is 1.67. The molecule has 2 N–H and O–H groups in total.